The zero-order chi connectivity index (χ0) is 11.1. The molecule has 15 heavy (non-hydrogen) atoms. The molecule has 0 bridgehead atoms. The molecule has 1 saturated heterocycles. The van der Waals surface area contributed by atoms with Gasteiger partial charge < -0.3 is 5.11 Å². The lowest BCUT2D eigenvalue weighted by Gasteiger charge is -2.23. The highest BCUT2D eigenvalue weighted by atomic mass is 32.2. The van der Waals surface area contributed by atoms with Crippen LogP contribution in [0.3, 0.4) is 0 Å². The number of aliphatic hydroxyl groups is 1. The predicted molar refractivity (Wildman–Crippen MR) is 66.3 cm³/mol. The summed E-state index contributed by atoms with van der Waals surface area (Å²) in [5.74, 6) is 0.830. The van der Waals surface area contributed by atoms with Gasteiger partial charge in [-0.05, 0) is 37.0 Å². The van der Waals surface area contributed by atoms with E-state index in [0.717, 1.165) is 17.7 Å². The van der Waals surface area contributed by atoms with E-state index in [0.29, 0.717) is 5.25 Å². The van der Waals surface area contributed by atoms with Crippen molar-refractivity contribution in [2.45, 2.75) is 38.0 Å². The first-order valence-corrected chi connectivity index (χ1v) is 6.48. The molecule has 0 aliphatic carbocycles. The summed E-state index contributed by atoms with van der Waals surface area (Å²) in [7, 11) is 0. The minimum absolute atomic E-state index is 0.566. The highest BCUT2D eigenvalue weighted by Crippen LogP contribution is 2.41. The van der Waals surface area contributed by atoms with Gasteiger partial charge in [-0.25, -0.2) is 0 Å². The average molecular weight is 222 g/mol. The first-order chi connectivity index (χ1) is 7.01. The summed E-state index contributed by atoms with van der Waals surface area (Å²) in [5.41, 5.74) is 3.05. The number of thioether (sulfide) groups is 1. The molecule has 1 N–H and O–H groups in total. The van der Waals surface area contributed by atoms with Crippen LogP contribution in [0.15, 0.2) is 18.2 Å². The number of rotatable bonds is 1. The molecule has 1 aromatic carbocycles. The van der Waals surface area contributed by atoms with E-state index in [4.69, 9.17) is 0 Å². The Kier molecular flexibility index (Phi) is 2.82. The molecule has 1 heterocycles. The largest absolute Gasteiger partial charge is 0.384 e. The minimum atomic E-state index is -0.595. The molecule has 0 saturated carbocycles. The van der Waals surface area contributed by atoms with Gasteiger partial charge in [0.15, 0.2) is 0 Å². The summed E-state index contributed by atoms with van der Waals surface area (Å²) >= 11 is 1.86. The number of hydrogen-bond acceptors (Lipinski definition) is 2. The van der Waals surface area contributed by atoms with Crippen molar-refractivity contribution in [1.29, 1.82) is 0 Å². The molecule has 82 valence electrons. The molecule has 2 unspecified atom stereocenters. The molecule has 1 nitrogen and oxygen atoms in total. The predicted octanol–water partition coefficient (Wildman–Crippen LogP) is 3.02. The van der Waals surface area contributed by atoms with E-state index in [1.54, 1.807) is 0 Å². The second-order valence-corrected chi connectivity index (χ2v) is 6.08. The van der Waals surface area contributed by atoms with Crippen molar-refractivity contribution in [3.8, 4) is 0 Å². The Balaban J connectivity index is 2.33. The van der Waals surface area contributed by atoms with Crippen molar-refractivity contribution in [1.82, 2.24) is 0 Å². The van der Waals surface area contributed by atoms with Crippen molar-refractivity contribution in [3.05, 3.63) is 34.9 Å². The molecule has 0 radical (unpaired) electrons. The van der Waals surface area contributed by atoms with Gasteiger partial charge in [-0.3, -0.25) is 0 Å². The van der Waals surface area contributed by atoms with Crippen LogP contribution >= 0.6 is 11.8 Å². The summed E-state index contributed by atoms with van der Waals surface area (Å²) in [4.78, 5) is 0. The summed E-state index contributed by atoms with van der Waals surface area (Å²) < 4.78 is 0. The van der Waals surface area contributed by atoms with Crippen LogP contribution < -0.4 is 0 Å². The zero-order valence-corrected chi connectivity index (χ0v) is 10.4. The molecule has 1 aliphatic heterocycles. The third-order valence-electron chi connectivity index (χ3n) is 3.28. The van der Waals surface area contributed by atoms with E-state index in [9.17, 15) is 5.11 Å². The molecule has 2 atom stereocenters. The maximum absolute atomic E-state index is 10.5. The van der Waals surface area contributed by atoms with Gasteiger partial charge in [-0.2, -0.15) is 11.8 Å². The standard InChI is InChI=1S/C13H18OS/c1-9-4-5-12(6-10(9)2)13(14)7-11(3)15-8-13/h4-6,11,14H,7-8H2,1-3H3. The summed E-state index contributed by atoms with van der Waals surface area (Å²) in [5, 5.41) is 11.1. The molecular weight excluding hydrogens is 204 g/mol. The molecule has 0 spiro atoms. The zero-order valence-electron chi connectivity index (χ0n) is 9.58. The van der Waals surface area contributed by atoms with Gasteiger partial charge >= 0.3 is 0 Å². The fourth-order valence-corrected chi connectivity index (χ4v) is 3.34. The average Bonchev–Trinajstić information content (AvgIpc) is 2.52. The van der Waals surface area contributed by atoms with Crippen molar-refractivity contribution < 1.29 is 5.11 Å². The Morgan fingerprint density at radius 3 is 2.60 bits per heavy atom. The molecule has 1 aliphatic rings. The summed E-state index contributed by atoms with van der Waals surface area (Å²) in [6.45, 7) is 6.40. The summed E-state index contributed by atoms with van der Waals surface area (Å²) in [6, 6.07) is 6.31. The van der Waals surface area contributed by atoms with Gasteiger partial charge in [-0.1, -0.05) is 25.1 Å². The smallest absolute Gasteiger partial charge is 0.0997 e. The maximum atomic E-state index is 10.5. The second-order valence-electron chi connectivity index (χ2n) is 4.66. The van der Waals surface area contributed by atoms with Crippen molar-refractivity contribution in [2.24, 2.45) is 0 Å². The van der Waals surface area contributed by atoms with Gasteiger partial charge in [0.1, 0.15) is 0 Å². The topological polar surface area (TPSA) is 20.2 Å². The third-order valence-corrected chi connectivity index (χ3v) is 4.66. The van der Waals surface area contributed by atoms with E-state index in [1.165, 1.54) is 11.1 Å². The van der Waals surface area contributed by atoms with E-state index in [1.807, 2.05) is 11.8 Å². The molecule has 0 amide bonds. The molecule has 1 fully saturated rings. The van der Waals surface area contributed by atoms with Gasteiger partial charge in [0.25, 0.3) is 0 Å². The van der Waals surface area contributed by atoms with Crippen LogP contribution in [0.1, 0.15) is 30.0 Å². The lowest BCUT2D eigenvalue weighted by Crippen LogP contribution is -2.25. The van der Waals surface area contributed by atoms with Crippen molar-refractivity contribution in [2.75, 3.05) is 5.75 Å². The Hall–Kier alpha value is -0.470. The van der Waals surface area contributed by atoms with Crippen LogP contribution in [0.25, 0.3) is 0 Å². The minimum Gasteiger partial charge on any atom is -0.384 e. The fraction of sp³-hybridized carbons (Fsp3) is 0.538. The lowest BCUT2D eigenvalue weighted by molar-refractivity contribution is 0.0611. The van der Waals surface area contributed by atoms with Crippen LogP contribution in [-0.4, -0.2) is 16.1 Å². The Labute approximate surface area is 95.9 Å². The Morgan fingerprint density at radius 2 is 2.07 bits per heavy atom. The van der Waals surface area contributed by atoms with E-state index >= 15 is 0 Å². The van der Waals surface area contributed by atoms with Gasteiger partial charge in [-0.15, -0.1) is 0 Å². The first-order valence-electron chi connectivity index (χ1n) is 5.43. The molecular formula is C13H18OS. The van der Waals surface area contributed by atoms with E-state index in [-0.39, 0.29) is 0 Å². The van der Waals surface area contributed by atoms with Crippen molar-refractivity contribution >= 4 is 11.8 Å². The van der Waals surface area contributed by atoms with Gasteiger partial charge in [0.2, 0.25) is 0 Å². The SMILES string of the molecule is Cc1ccc(C2(O)CSC(C)C2)cc1C. The van der Waals surface area contributed by atoms with E-state index in [2.05, 4.69) is 39.0 Å². The molecule has 2 heteroatoms. The molecule has 0 aromatic heterocycles. The number of hydrogen-bond donors (Lipinski definition) is 1. The third kappa shape index (κ3) is 2.06. The molecule has 1 aromatic rings. The number of aryl methyl sites for hydroxylation is 2. The highest BCUT2D eigenvalue weighted by molar-refractivity contribution is 8.00. The summed E-state index contributed by atoms with van der Waals surface area (Å²) in [6.07, 6.45) is 0.875. The molecule has 2 rings (SSSR count). The Bertz CT molecular complexity index is 375. The van der Waals surface area contributed by atoms with Crippen LogP contribution in [-0.2, 0) is 5.60 Å². The van der Waals surface area contributed by atoms with Crippen molar-refractivity contribution in [3.63, 3.8) is 0 Å². The van der Waals surface area contributed by atoms with Crippen LogP contribution in [0.4, 0.5) is 0 Å². The lowest BCUT2D eigenvalue weighted by atomic mass is 9.89. The number of benzene rings is 1. The van der Waals surface area contributed by atoms with E-state index < -0.39 is 5.60 Å². The Morgan fingerprint density at radius 1 is 1.33 bits per heavy atom. The van der Waals surface area contributed by atoms with Crippen LogP contribution in [0.2, 0.25) is 0 Å². The maximum Gasteiger partial charge on any atom is 0.0997 e. The second kappa shape index (κ2) is 3.84. The first kappa shape index (κ1) is 11.0. The fourth-order valence-electron chi connectivity index (χ4n) is 2.11. The monoisotopic (exact) mass is 222 g/mol. The quantitative estimate of drug-likeness (QED) is 0.788. The van der Waals surface area contributed by atoms with Gasteiger partial charge in [0.05, 0.1) is 5.60 Å². The van der Waals surface area contributed by atoms with Gasteiger partial charge in [0, 0.05) is 11.0 Å². The van der Waals surface area contributed by atoms with Crippen LogP contribution in [0.5, 0.6) is 0 Å². The normalized spacial score (nSPS) is 30.8. The highest BCUT2D eigenvalue weighted by Gasteiger charge is 2.37. The van der Waals surface area contributed by atoms with Crippen LogP contribution in [0, 0.1) is 13.8 Å².